The lowest BCUT2D eigenvalue weighted by atomic mass is 10.1. The molecule has 0 fully saturated rings. The van der Waals surface area contributed by atoms with Crippen molar-refractivity contribution in [3.63, 3.8) is 0 Å². The molecule has 1 aromatic heterocycles. The normalized spacial score (nSPS) is 10.6. The lowest BCUT2D eigenvalue weighted by molar-refractivity contribution is -0.136. The highest BCUT2D eigenvalue weighted by atomic mass is 16.5. The number of hydrogen-bond acceptors (Lipinski definition) is 2. The van der Waals surface area contributed by atoms with Crippen LogP contribution in [0.15, 0.2) is 24.4 Å². The zero-order valence-electron chi connectivity index (χ0n) is 9.23. The first-order valence-corrected chi connectivity index (χ1v) is 4.96. The van der Waals surface area contributed by atoms with E-state index in [2.05, 4.69) is 0 Å². The van der Waals surface area contributed by atoms with E-state index in [4.69, 9.17) is 9.84 Å². The molecule has 1 aromatic carbocycles. The molecule has 0 bridgehead atoms. The van der Waals surface area contributed by atoms with Gasteiger partial charge in [-0.25, -0.2) is 0 Å². The van der Waals surface area contributed by atoms with Crippen LogP contribution in [-0.4, -0.2) is 22.8 Å². The van der Waals surface area contributed by atoms with Crippen molar-refractivity contribution >= 4 is 16.9 Å². The molecule has 1 heterocycles. The van der Waals surface area contributed by atoms with Crippen molar-refractivity contribution in [2.45, 2.75) is 6.42 Å². The lowest BCUT2D eigenvalue weighted by Gasteiger charge is -2.08. The first-order chi connectivity index (χ1) is 7.63. The maximum Gasteiger partial charge on any atom is 0.307 e. The molecule has 0 saturated carbocycles. The molecule has 1 N–H and O–H groups in total. The van der Waals surface area contributed by atoms with E-state index in [0.717, 1.165) is 10.9 Å². The third-order valence-corrected chi connectivity index (χ3v) is 2.65. The predicted molar refractivity (Wildman–Crippen MR) is 60.8 cm³/mol. The van der Waals surface area contributed by atoms with Crippen LogP contribution in [0, 0.1) is 0 Å². The van der Waals surface area contributed by atoms with Gasteiger partial charge in [-0.1, -0.05) is 6.07 Å². The predicted octanol–water partition coefficient (Wildman–Crippen LogP) is 1.81. The zero-order chi connectivity index (χ0) is 11.7. The Morgan fingerprint density at radius 1 is 1.44 bits per heavy atom. The van der Waals surface area contributed by atoms with Crippen LogP contribution in [0.5, 0.6) is 5.75 Å². The number of aryl methyl sites for hydroxylation is 1. The van der Waals surface area contributed by atoms with Crippen LogP contribution >= 0.6 is 0 Å². The van der Waals surface area contributed by atoms with Gasteiger partial charge in [-0.15, -0.1) is 0 Å². The fourth-order valence-corrected chi connectivity index (χ4v) is 1.91. The summed E-state index contributed by atoms with van der Waals surface area (Å²) in [5.41, 5.74) is 1.74. The van der Waals surface area contributed by atoms with E-state index >= 15 is 0 Å². The average Bonchev–Trinajstić information content (AvgIpc) is 2.59. The Labute approximate surface area is 93.1 Å². The van der Waals surface area contributed by atoms with Crippen LogP contribution < -0.4 is 4.74 Å². The second-order valence-electron chi connectivity index (χ2n) is 3.69. The third kappa shape index (κ3) is 1.62. The van der Waals surface area contributed by atoms with Crippen LogP contribution in [0.4, 0.5) is 0 Å². The first kappa shape index (κ1) is 10.5. The number of carbonyl (C=O) groups is 1. The molecule has 84 valence electrons. The van der Waals surface area contributed by atoms with Crippen LogP contribution in [0.3, 0.4) is 0 Å². The summed E-state index contributed by atoms with van der Waals surface area (Å²) in [5.74, 6) is -0.200. The van der Waals surface area contributed by atoms with Gasteiger partial charge in [0.1, 0.15) is 5.75 Å². The minimum atomic E-state index is -0.853. The van der Waals surface area contributed by atoms with Gasteiger partial charge in [0.15, 0.2) is 0 Å². The third-order valence-electron chi connectivity index (χ3n) is 2.65. The van der Waals surface area contributed by atoms with Gasteiger partial charge in [-0.3, -0.25) is 4.79 Å². The van der Waals surface area contributed by atoms with Crippen molar-refractivity contribution in [2.75, 3.05) is 7.11 Å². The lowest BCUT2D eigenvalue weighted by Crippen LogP contribution is -2.02. The van der Waals surface area contributed by atoms with Gasteiger partial charge in [0, 0.05) is 24.2 Å². The van der Waals surface area contributed by atoms with Crippen LogP contribution in [0.1, 0.15) is 5.56 Å². The molecule has 0 aliphatic heterocycles. The van der Waals surface area contributed by atoms with Gasteiger partial charge < -0.3 is 14.4 Å². The molecule has 0 radical (unpaired) electrons. The summed E-state index contributed by atoms with van der Waals surface area (Å²) < 4.78 is 7.27. The Hall–Kier alpha value is -1.97. The Morgan fingerprint density at radius 2 is 2.19 bits per heavy atom. The minimum absolute atomic E-state index is 0.0198. The average molecular weight is 219 g/mol. The van der Waals surface area contributed by atoms with Crippen molar-refractivity contribution in [2.24, 2.45) is 7.05 Å². The number of benzene rings is 1. The SMILES string of the molecule is COc1c(CC(=O)O)ccc2c1ccn2C. The molecule has 2 aromatic rings. The monoisotopic (exact) mass is 219 g/mol. The molecule has 2 rings (SSSR count). The van der Waals surface area contributed by atoms with E-state index in [1.165, 1.54) is 0 Å². The van der Waals surface area contributed by atoms with Gasteiger partial charge in [0.05, 0.1) is 19.0 Å². The number of nitrogens with zero attached hydrogens (tertiary/aromatic N) is 1. The number of aromatic nitrogens is 1. The molecule has 0 aliphatic carbocycles. The molecule has 0 amide bonds. The number of carboxylic acids is 1. The van der Waals surface area contributed by atoms with E-state index < -0.39 is 5.97 Å². The van der Waals surface area contributed by atoms with Crippen molar-refractivity contribution in [1.82, 2.24) is 4.57 Å². The van der Waals surface area contributed by atoms with E-state index in [1.807, 2.05) is 29.9 Å². The quantitative estimate of drug-likeness (QED) is 0.856. The first-order valence-electron chi connectivity index (χ1n) is 4.96. The highest BCUT2D eigenvalue weighted by Gasteiger charge is 2.12. The zero-order valence-corrected chi connectivity index (χ0v) is 9.23. The number of rotatable bonds is 3. The fraction of sp³-hybridized carbons (Fsp3) is 0.250. The summed E-state index contributed by atoms with van der Waals surface area (Å²) in [6, 6.07) is 5.64. The largest absolute Gasteiger partial charge is 0.496 e. The smallest absolute Gasteiger partial charge is 0.307 e. The van der Waals surface area contributed by atoms with Crippen molar-refractivity contribution in [3.05, 3.63) is 30.0 Å². The summed E-state index contributed by atoms with van der Waals surface area (Å²) in [4.78, 5) is 10.7. The van der Waals surface area contributed by atoms with Crippen LogP contribution in [0.25, 0.3) is 10.9 Å². The fourth-order valence-electron chi connectivity index (χ4n) is 1.91. The van der Waals surface area contributed by atoms with Gasteiger partial charge in [-0.2, -0.15) is 0 Å². The Bertz CT molecular complexity index is 542. The molecule has 0 spiro atoms. The van der Waals surface area contributed by atoms with E-state index in [9.17, 15) is 4.79 Å². The Morgan fingerprint density at radius 3 is 2.81 bits per heavy atom. The molecular formula is C12H13NO3. The summed E-state index contributed by atoms with van der Waals surface area (Å²) >= 11 is 0. The molecular weight excluding hydrogens is 206 g/mol. The van der Waals surface area contributed by atoms with Crippen molar-refractivity contribution in [3.8, 4) is 5.75 Å². The van der Waals surface area contributed by atoms with Crippen molar-refractivity contribution < 1.29 is 14.6 Å². The number of hydrogen-bond donors (Lipinski definition) is 1. The second-order valence-corrected chi connectivity index (χ2v) is 3.69. The van der Waals surface area contributed by atoms with Gasteiger partial charge in [-0.05, 0) is 12.1 Å². The summed E-state index contributed by atoms with van der Waals surface area (Å²) in [5, 5.41) is 9.75. The molecule has 4 nitrogen and oxygen atoms in total. The summed E-state index contributed by atoms with van der Waals surface area (Å²) in [6.45, 7) is 0. The highest BCUT2D eigenvalue weighted by molar-refractivity contribution is 5.89. The molecule has 0 saturated heterocycles. The molecule has 0 unspecified atom stereocenters. The number of fused-ring (bicyclic) bond motifs is 1. The number of ether oxygens (including phenoxy) is 1. The van der Waals surface area contributed by atoms with Crippen LogP contribution in [0.2, 0.25) is 0 Å². The maximum atomic E-state index is 10.7. The number of methoxy groups -OCH3 is 1. The molecule has 4 heteroatoms. The van der Waals surface area contributed by atoms with Crippen LogP contribution in [-0.2, 0) is 18.3 Å². The van der Waals surface area contributed by atoms with Gasteiger partial charge >= 0.3 is 5.97 Å². The summed E-state index contributed by atoms with van der Waals surface area (Å²) in [7, 11) is 3.51. The topological polar surface area (TPSA) is 51.5 Å². The Kier molecular flexibility index (Phi) is 2.56. The van der Waals surface area contributed by atoms with E-state index in [-0.39, 0.29) is 6.42 Å². The second kappa shape index (κ2) is 3.89. The van der Waals surface area contributed by atoms with E-state index in [1.54, 1.807) is 13.2 Å². The van der Waals surface area contributed by atoms with E-state index in [0.29, 0.717) is 11.3 Å². The van der Waals surface area contributed by atoms with Gasteiger partial charge in [0.2, 0.25) is 0 Å². The standard InChI is InChI=1S/C12H13NO3/c1-13-6-5-9-10(13)4-3-8(7-11(14)15)12(9)16-2/h3-6H,7H2,1-2H3,(H,14,15). The molecule has 0 atom stereocenters. The minimum Gasteiger partial charge on any atom is -0.496 e. The van der Waals surface area contributed by atoms with Crippen molar-refractivity contribution in [1.29, 1.82) is 0 Å². The number of carboxylic acid groups (broad SMARTS) is 1. The summed E-state index contributed by atoms with van der Waals surface area (Å²) in [6.07, 6.45) is 1.91. The molecule has 0 aliphatic rings. The molecule has 16 heavy (non-hydrogen) atoms. The Balaban J connectivity index is 2.63. The maximum absolute atomic E-state index is 10.7. The number of aliphatic carboxylic acids is 1. The van der Waals surface area contributed by atoms with Gasteiger partial charge in [0.25, 0.3) is 0 Å². The highest BCUT2D eigenvalue weighted by Crippen LogP contribution is 2.30.